The minimum absolute atomic E-state index is 0.00403. The second-order valence-corrected chi connectivity index (χ2v) is 15.8. The van der Waals surface area contributed by atoms with Crippen LogP contribution in [0.4, 0.5) is 17.5 Å². The van der Waals surface area contributed by atoms with E-state index in [4.69, 9.17) is 28.9 Å². The van der Waals surface area contributed by atoms with Crippen molar-refractivity contribution < 1.29 is 13.2 Å². The summed E-state index contributed by atoms with van der Waals surface area (Å²) in [5.41, 5.74) is 8.20. The Morgan fingerprint density at radius 1 is 1.04 bits per heavy atom. The summed E-state index contributed by atoms with van der Waals surface area (Å²) in [6.45, 7) is 13.1. The predicted molar refractivity (Wildman–Crippen MR) is 181 cm³/mol. The number of hydrogen-bond acceptors (Lipinski definition) is 9. The minimum atomic E-state index is -3.77. The average Bonchev–Trinajstić information content (AvgIpc) is 3.51. The molecule has 0 bridgehead atoms. The average molecular weight is 675 g/mol. The molecule has 2 fully saturated rings. The Labute approximate surface area is 275 Å². The van der Waals surface area contributed by atoms with Gasteiger partial charge in [-0.3, -0.25) is 9.69 Å². The number of nitrogen functional groups attached to an aromatic ring is 1. The molecule has 2 aliphatic heterocycles. The lowest BCUT2D eigenvalue weighted by molar-refractivity contribution is 0.0951. The highest BCUT2D eigenvalue weighted by atomic mass is 35.5. The fourth-order valence-corrected chi connectivity index (χ4v) is 8.31. The summed E-state index contributed by atoms with van der Waals surface area (Å²) in [5.74, 6) is -0.00829. The van der Waals surface area contributed by atoms with Crippen molar-refractivity contribution in [2.24, 2.45) is 0 Å². The molecule has 0 radical (unpaired) electrons. The number of nitrogens with one attached hydrogen (secondary N) is 1. The van der Waals surface area contributed by atoms with Crippen LogP contribution in [-0.2, 0) is 9.84 Å². The summed E-state index contributed by atoms with van der Waals surface area (Å²) in [6.07, 6.45) is 1.74. The Kier molecular flexibility index (Phi) is 9.84. The number of piperazine rings is 1. The van der Waals surface area contributed by atoms with E-state index in [-0.39, 0.29) is 45.3 Å². The van der Waals surface area contributed by atoms with Crippen LogP contribution in [0.2, 0.25) is 10.0 Å². The largest absolute Gasteiger partial charge is 0.369 e. The molecule has 1 unspecified atom stereocenters. The van der Waals surface area contributed by atoms with Crippen molar-refractivity contribution in [2.45, 2.75) is 55.7 Å². The topological polar surface area (TPSA) is 125 Å². The molecule has 2 aliphatic rings. The van der Waals surface area contributed by atoms with Gasteiger partial charge in [-0.1, -0.05) is 42.3 Å². The summed E-state index contributed by atoms with van der Waals surface area (Å²) in [6, 6.07) is 12.7. The van der Waals surface area contributed by atoms with E-state index in [1.165, 1.54) is 6.20 Å². The van der Waals surface area contributed by atoms with Crippen LogP contribution in [0, 0.1) is 0 Å². The Hall–Kier alpha value is -3.12. The molecule has 5 rings (SSSR count). The van der Waals surface area contributed by atoms with Crippen LogP contribution in [0.1, 0.15) is 56.0 Å². The number of aromatic nitrogens is 2. The maximum atomic E-state index is 13.8. The molecular weight excluding hydrogens is 633 g/mol. The molecule has 3 aromatic rings. The van der Waals surface area contributed by atoms with Gasteiger partial charge in [-0.25, -0.2) is 13.4 Å². The first kappa shape index (κ1) is 33.2. The lowest BCUT2D eigenvalue weighted by Crippen LogP contribution is -2.53. The zero-order chi connectivity index (χ0) is 32.5. The predicted octanol–water partition coefficient (Wildman–Crippen LogP) is 4.87. The van der Waals surface area contributed by atoms with Gasteiger partial charge in [-0.15, -0.1) is 0 Å². The third kappa shape index (κ3) is 7.48. The molecule has 2 saturated heterocycles. The summed E-state index contributed by atoms with van der Waals surface area (Å²) in [7, 11) is -3.77. The molecule has 2 atom stereocenters. The Morgan fingerprint density at radius 3 is 2.38 bits per heavy atom. The SMILES string of the molecule is CC(CNC(=O)c1cnc(N)nc1N1CC[C@H](S(=O)(=O)c2ccc(N3CCN(C(C)(C)C)CC3)cc2Cl)C1)c1ccc(Cl)cc1. The van der Waals surface area contributed by atoms with Crippen LogP contribution in [0.25, 0.3) is 0 Å². The van der Waals surface area contributed by atoms with Crippen molar-refractivity contribution in [2.75, 3.05) is 61.3 Å². The number of nitrogens with two attached hydrogens (primary N) is 1. The lowest BCUT2D eigenvalue weighted by atomic mass is 10.0. The monoisotopic (exact) mass is 673 g/mol. The molecule has 13 heteroatoms. The molecule has 3 N–H and O–H groups in total. The van der Waals surface area contributed by atoms with Gasteiger partial charge in [0.1, 0.15) is 11.4 Å². The van der Waals surface area contributed by atoms with E-state index in [0.29, 0.717) is 30.4 Å². The van der Waals surface area contributed by atoms with E-state index in [2.05, 4.69) is 45.9 Å². The first-order valence-electron chi connectivity index (χ1n) is 15.2. The molecule has 10 nitrogen and oxygen atoms in total. The van der Waals surface area contributed by atoms with Crippen molar-refractivity contribution in [1.82, 2.24) is 20.2 Å². The summed E-state index contributed by atoms with van der Waals surface area (Å²) in [4.78, 5) is 28.2. The van der Waals surface area contributed by atoms with Gasteiger partial charge in [0.2, 0.25) is 5.95 Å². The molecule has 2 aromatic carbocycles. The van der Waals surface area contributed by atoms with Crippen LogP contribution < -0.4 is 20.9 Å². The van der Waals surface area contributed by atoms with Gasteiger partial charge in [0.05, 0.1) is 15.2 Å². The second kappa shape index (κ2) is 13.3. The number of rotatable bonds is 8. The van der Waals surface area contributed by atoms with Gasteiger partial charge in [0.25, 0.3) is 5.91 Å². The molecule has 0 saturated carbocycles. The van der Waals surface area contributed by atoms with Gasteiger partial charge < -0.3 is 20.9 Å². The Morgan fingerprint density at radius 2 is 1.73 bits per heavy atom. The molecule has 3 heterocycles. The molecule has 0 aliphatic carbocycles. The summed E-state index contributed by atoms with van der Waals surface area (Å²) < 4.78 is 27.6. The number of sulfone groups is 1. The van der Waals surface area contributed by atoms with E-state index >= 15 is 0 Å². The van der Waals surface area contributed by atoms with Crippen LogP contribution in [-0.4, -0.2) is 85.8 Å². The van der Waals surface area contributed by atoms with Gasteiger partial charge in [0.15, 0.2) is 9.84 Å². The molecule has 242 valence electrons. The third-order valence-electron chi connectivity index (χ3n) is 8.74. The first-order valence-corrected chi connectivity index (χ1v) is 17.5. The number of carbonyl (C=O) groups excluding carboxylic acids is 1. The Balaban J connectivity index is 1.26. The third-order valence-corrected chi connectivity index (χ3v) is 11.6. The van der Waals surface area contributed by atoms with Crippen molar-refractivity contribution in [3.05, 3.63) is 69.8 Å². The van der Waals surface area contributed by atoms with Crippen LogP contribution in [0.3, 0.4) is 0 Å². The summed E-state index contributed by atoms with van der Waals surface area (Å²) >= 11 is 12.6. The van der Waals surface area contributed by atoms with Gasteiger partial charge >= 0.3 is 0 Å². The van der Waals surface area contributed by atoms with E-state index in [9.17, 15) is 13.2 Å². The highest BCUT2D eigenvalue weighted by molar-refractivity contribution is 7.92. The number of nitrogens with zero attached hydrogens (tertiary/aromatic N) is 5. The molecule has 1 amide bonds. The fraction of sp³-hybridized carbons (Fsp3) is 0.469. The summed E-state index contributed by atoms with van der Waals surface area (Å²) in [5, 5.41) is 3.08. The molecular formula is C32H41Cl2N7O3S. The van der Waals surface area contributed by atoms with E-state index in [1.54, 1.807) is 17.0 Å². The molecule has 1 aromatic heterocycles. The zero-order valence-corrected chi connectivity index (χ0v) is 28.5. The van der Waals surface area contributed by atoms with Crippen LogP contribution in [0.15, 0.2) is 53.6 Å². The van der Waals surface area contributed by atoms with Crippen LogP contribution in [0.5, 0.6) is 0 Å². The van der Waals surface area contributed by atoms with Crippen LogP contribution >= 0.6 is 23.2 Å². The van der Waals surface area contributed by atoms with Gasteiger partial charge in [-0.05, 0) is 69.0 Å². The van der Waals surface area contributed by atoms with E-state index in [1.807, 2.05) is 37.3 Å². The normalized spacial score (nSPS) is 18.7. The van der Waals surface area contributed by atoms with E-state index in [0.717, 1.165) is 37.4 Å². The number of carbonyl (C=O) groups is 1. The van der Waals surface area contributed by atoms with Gasteiger partial charge in [-0.2, -0.15) is 4.98 Å². The number of halogens is 2. The number of hydrogen-bond donors (Lipinski definition) is 2. The quantitative estimate of drug-likeness (QED) is 0.344. The standard InChI is InChI=1S/C32H41Cl2N7O3S/c1-21(22-5-7-23(33)8-6-22)18-36-30(42)26-19-37-31(35)38-29(26)40-12-11-25(20-40)45(43,44)28-10-9-24(17-27(28)34)39-13-15-41(16-14-39)32(2,3)4/h5-10,17,19,21,25H,11-16,18,20H2,1-4H3,(H,36,42)(H2,35,37,38)/t21?,25-/m0/s1. The van der Waals surface area contributed by atoms with Crippen molar-refractivity contribution in [3.8, 4) is 0 Å². The van der Waals surface area contributed by atoms with Gasteiger partial charge in [0, 0.05) is 68.3 Å². The zero-order valence-electron chi connectivity index (χ0n) is 26.1. The minimum Gasteiger partial charge on any atom is -0.369 e. The highest BCUT2D eigenvalue weighted by Gasteiger charge is 2.37. The molecule has 45 heavy (non-hydrogen) atoms. The Bertz CT molecular complexity index is 1640. The molecule has 0 spiro atoms. The number of benzene rings is 2. The van der Waals surface area contributed by atoms with Crippen molar-refractivity contribution >= 4 is 56.4 Å². The fourth-order valence-electron chi connectivity index (χ4n) is 5.94. The lowest BCUT2D eigenvalue weighted by Gasteiger charge is -2.43. The highest BCUT2D eigenvalue weighted by Crippen LogP contribution is 2.34. The van der Waals surface area contributed by atoms with Crippen molar-refractivity contribution in [1.29, 1.82) is 0 Å². The maximum Gasteiger partial charge on any atom is 0.256 e. The smallest absolute Gasteiger partial charge is 0.256 e. The van der Waals surface area contributed by atoms with E-state index < -0.39 is 15.1 Å². The van der Waals surface area contributed by atoms with Crippen molar-refractivity contribution in [3.63, 3.8) is 0 Å². The maximum absolute atomic E-state index is 13.8. The second-order valence-electron chi connectivity index (χ2n) is 12.8. The first-order chi connectivity index (χ1) is 21.2. The number of amides is 1. The number of anilines is 3.